The van der Waals surface area contributed by atoms with Gasteiger partial charge >= 0.3 is 11.9 Å². The molecular weight excluding hydrogens is 395 g/mol. The molecule has 0 aliphatic rings. The molecule has 1 aromatic heterocycles. The molecule has 2 aromatic rings. The molecule has 0 saturated heterocycles. The van der Waals surface area contributed by atoms with E-state index in [-0.39, 0.29) is 22.9 Å². The molecule has 0 bridgehead atoms. The van der Waals surface area contributed by atoms with E-state index in [1.807, 2.05) is 0 Å². The Balaban J connectivity index is 2.02. The van der Waals surface area contributed by atoms with Gasteiger partial charge in [-0.15, -0.1) is 0 Å². The lowest BCUT2D eigenvalue weighted by molar-refractivity contribution is -0.119. The van der Waals surface area contributed by atoms with Gasteiger partial charge < -0.3 is 19.8 Å². The number of carbonyl (C=O) groups excluding carboxylic acids is 3. The summed E-state index contributed by atoms with van der Waals surface area (Å²) in [5, 5.41) is 3.19. The summed E-state index contributed by atoms with van der Waals surface area (Å²) in [5.74, 6) is -1.83. The van der Waals surface area contributed by atoms with Crippen molar-refractivity contribution in [2.75, 3.05) is 18.5 Å². The molecule has 1 aromatic carbocycles. The van der Waals surface area contributed by atoms with Crippen molar-refractivity contribution in [3.8, 4) is 0 Å². The van der Waals surface area contributed by atoms with Crippen LogP contribution in [0, 0.1) is 13.8 Å². The zero-order valence-electron chi connectivity index (χ0n) is 14.9. The van der Waals surface area contributed by atoms with Crippen LogP contribution in [0.25, 0.3) is 0 Å². The van der Waals surface area contributed by atoms with E-state index < -0.39 is 24.5 Å². The second-order valence-electron chi connectivity index (χ2n) is 5.60. The molecule has 0 spiro atoms. The van der Waals surface area contributed by atoms with E-state index in [1.54, 1.807) is 26.8 Å². The molecule has 9 heteroatoms. The van der Waals surface area contributed by atoms with E-state index in [4.69, 9.17) is 32.7 Å². The SMILES string of the molecule is CCOC(=O)c1[nH]c(C)c(C(=O)OCC(=O)Nc2ccc(Cl)c(Cl)c2)c1C. The van der Waals surface area contributed by atoms with Gasteiger partial charge in [0.25, 0.3) is 5.91 Å². The number of halogens is 2. The Labute approximate surface area is 165 Å². The molecule has 1 heterocycles. The van der Waals surface area contributed by atoms with Gasteiger partial charge in [-0.05, 0) is 44.5 Å². The van der Waals surface area contributed by atoms with Crippen LogP contribution >= 0.6 is 23.2 Å². The number of carbonyl (C=O) groups is 3. The predicted molar refractivity (Wildman–Crippen MR) is 102 cm³/mol. The van der Waals surface area contributed by atoms with Crippen LogP contribution in [-0.4, -0.2) is 36.0 Å². The van der Waals surface area contributed by atoms with Gasteiger partial charge in [-0.2, -0.15) is 0 Å². The minimum absolute atomic E-state index is 0.182. The largest absolute Gasteiger partial charge is 0.461 e. The maximum atomic E-state index is 12.3. The molecule has 144 valence electrons. The van der Waals surface area contributed by atoms with Crippen molar-refractivity contribution in [3.05, 3.63) is 50.8 Å². The molecule has 2 rings (SSSR count). The number of H-pyrrole nitrogens is 1. The average Bonchev–Trinajstić information content (AvgIpc) is 2.91. The summed E-state index contributed by atoms with van der Waals surface area (Å²) in [4.78, 5) is 39.0. The summed E-state index contributed by atoms with van der Waals surface area (Å²) in [7, 11) is 0. The number of ether oxygens (including phenoxy) is 2. The van der Waals surface area contributed by atoms with Crippen LogP contribution < -0.4 is 5.32 Å². The van der Waals surface area contributed by atoms with Crippen molar-refractivity contribution in [2.24, 2.45) is 0 Å². The summed E-state index contributed by atoms with van der Waals surface area (Å²) in [6.07, 6.45) is 0. The topological polar surface area (TPSA) is 97.5 Å². The van der Waals surface area contributed by atoms with Gasteiger partial charge in [0.1, 0.15) is 5.69 Å². The fraction of sp³-hybridized carbons (Fsp3) is 0.278. The van der Waals surface area contributed by atoms with E-state index in [1.165, 1.54) is 12.1 Å². The summed E-state index contributed by atoms with van der Waals surface area (Å²) < 4.78 is 9.98. The van der Waals surface area contributed by atoms with E-state index in [2.05, 4.69) is 10.3 Å². The van der Waals surface area contributed by atoms with Crippen molar-refractivity contribution < 1.29 is 23.9 Å². The van der Waals surface area contributed by atoms with Gasteiger partial charge in [0.05, 0.1) is 22.2 Å². The predicted octanol–water partition coefficient (Wildman–Crippen LogP) is 3.91. The molecule has 0 atom stereocenters. The number of aromatic amines is 1. The molecule has 0 aliphatic carbocycles. The van der Waals surface area contributed by atoms with Crippen LogP contribution in [0.3, 0.4) is 0 Å². The number of nitrogens with one attached hydrogen (secondary N) is 2. The van der Waals surface area contributed by atoms with Gasteiger partial charge in [-0.3, -0.25) is 4.79 Å². The number of hydrogen-bond acceptors (Lipinski definition) is 5. The number of benzene rings is 1. The van der Waals surface area contributed by atoms with Crippen LogP contribution in [0.4, 0.5) is 5.69 Å². The zero-order chi connectivity index (χ0) is 20.1. The zero-order valence-corrected chi connectivity index (χ0v) is 16.5. The molecule has 7 nitrogen and oxygen atoms in total. The monoisotopic (exact) mass is 412 g/mol. The van der Waals surface area contributed by atoms with Crippen LogP contribution in [0.5, 0.6) is 0 Å². The first-order valence-corrected chi connectivity index (χ1v) is 8.78. The fourth-order valence-corrected chi connectivity index (χ4v) is 2.74. The number of amides is 1. The molecule has 0 radical (unpaired) electrons. The molecule has 2 N–H and O–H groups in total. The summed E-state index contributed by atoms with van der Waals surface area (Å²) >= 11 is 11.7. The Morgan fingerprint density at radius 3 is 2.41 bits per heavy atom. The summed E-state index contributed by atoms with van der Waals surface area (Å²) in [6.45, 7) is 4.62. The third kappa shape index (κ3) is 5.02. The Kier molecular flexibility index (Phi) is 6.87. The highest BCUT2D eigenvalue weighted by Gasteiger charge is 2.24. The van der Waals surface area contributed by atoms with Crippen molar-refractivity contribution in [3.63, 3.8) is 0 Å². The first-order valence-electron chi connectivity index (χ1n) is 8.02. The number of hydrogen-bond donors (Lipinski definition) is 2. The normalized spacial score (nSPS) is 10.4. The fourth-order valence-electron chi connectivity index (χ4n) is 2.44. The van der Waals surface area contributed by atoms with Gasteiger partial charge in [-0.1, -0.05) is 23.2 Å². The smallest absolute Gasteiger partial charge is 0.355 e. The molecule has 0 saturated carbocycles. The highest BCUT2D eigenvalue weighted by molar-refractivity contribution is 6.42. The maximum absolute atomic E-state index is 12.3. The average molecular weight is 413 g/mol. The van der Waals surface area contributed by atoms with Gasteiger partial charge in [-0.25, -0.2) is 9.59 Å². The standard InChI is InChI=1S/C18H18Cl2N2O5/c1-4-26-18(25)16-9(2)15(10(3)21-16)17(24)27-8-14(23)22-11-5-6-12(19)13(20)7-11/h5-7,21H,4,8H2,1-3H3,(H,22,23). The second-order valence-corrected chi connectivity index (χ2v) is 6.41. The first-order chi connectivity index (χ1) is 12.7. The maximum Gasteiger partial charge on any atom is 0.355 e. The number of anilines is 1. The van der Waals surface area contributed by atoms with Gasteiger partial charge in [0.2, 0.25) is 0 Å². The molecule has 1 amide bonds. The quantitative estimate of drug-likeness (QED) is 0.700. The molecule has 0 aliphatic heterocycles. The van der Waals surface area contributed by atoms with Crippen LogP contribution in [0.1, 0.15) is 39.0 Å². The third-order valence-corrected chi connectivity index (χ3v) is 4.40. The summed E-state index contributed by atoms with van der Waals surface area (Å²) in [5.41, 5.74) is 1.65. The molecule has 27 heavy (non-hydrogen) atoms. The third-order valence-electron chi connectivity index (χ3n) is 3.66. The lowest BCUT2D eigenvalue weighted by Crippen LogP contribution is -2.21. The Bertz CT molecular complexity index is 892. The first kappa shape index (κ1) is 20.8. The number of aromatic nitrogens is 1. The van der Waals surface area contributed by atoms with Gasteiger partial charge in [0.15, 0.2) is 6.61 Å². The van der Waals surface area contributed by atoms with Crippen LogP contribution in [0.15, 0.2) is 18.2 Å². The molecule has 0 unspecified atom stereocenters. The summed E-state index contributed by atoms with van der Waals surface area (Å²) in [6, 6.07) is 4.59. The lowest BCUT2D eigenvalue weighted by Gasteiger charge is -2.08. The minimum Gasteiger partial charge on any atom is -0.461 e. The Hall–Kier alpha value is -2.51. The van der Waals surface area contributed by atoms with Crippen LogP contribution in [-0.2, 0) is 14.3 Å². The van der Waals surface area contributed by atoms with E-state index in [0.717, 1.165) is 0 Å². The Morgan fingerprint density at radius 1 is 1.07 bits per heavy atom. The van der Waals surface area contributed by atoms with E-state index in [0.29, 0.717) is 22.0 Å². The number of rotatable bonds is 6. The number of esters is 2. The molecule has 0 fully saturated rings. The number of aryl methyl sites for hydroxylation is 1. The van der Waals surface area contributed by atoms with Crippen molar-refractivity contribution in [1.29, 1.82) is 0 Å². The van der Waals surface area contributed by atoms with E-state index in [9.17, 15) is 14.4 Å². The van der Waals surface area contributed by atoms with E-state index >= 15 is 0 Å². The molecular formula is C18H18Cl2N2O5. The second kappa shape index (κ2) is 8.92. The minimum atomic E-state index is -0.721. The lowest BCUT2D eigenvalue weighted by atomic mass is 10.1. The van der Waals surface area contributed by atoms with Crippen molar-refractivity contribution in [1.82, 2.24) is 4.98 Å². The van der Waals surface area contributed by atoms with Crippen molar-refractivity contribution >= 4 is 46.7 Å². The Morgan fingerprint density at radius 2 is 1.78 bits per heavy atom. The van der Waals surface area contributed by atoms with Crippen molar-refractivity contribution in [2.45, 2.75) is 20.8 Å². The highest BCUT2D eigenvalue weighted by Crippen LogP contribution is 2.25. The van der Waals surface area contributed by atoms with Crippen LogP contribution in [0.2, 0.25) is 10.0 Å². The highest BCUT2D eigenvalue weighted by atomic mass is 35.5. The van der Waals surface area contributed by atoms with Gasteiger partial charge in [0, 0.05) is 11.4 Å².